The molecule has 1 fully saturated rings. The summed E-state index contributed by atoms with van der Waals surface area (Å²) in [6, 6.07) is 7.88. The molecule has 1 aromatic carbocycles. The normalized spacial score (nSPS) is 18.5. The van der Waals surface area contributed by atoms with Crippen LogP contribution in [0.3, 0.4) is 0 Å². The van der Waals surface area contributed by atoms with Gasteiger partial charge in [0.2, 0.25) is 10.0 Å². The minimum Gasteiger partial charge on any atom is -0.497 e. The van der Waals surface area contributed by atoms with Gasteiger partial charge in [0.25, 0.3) is 0 Å². The van der Waals surface area contributed by atoms with E-state index in [-0.39, 0.29) is 5.25 Å². The van der Waals surface area contributed by atoms with Crippen LogP contribution in [0.1, 0.15) is 20.3 Å². The summed E-state index contributed by atoms with van der Waals surface area (Å²) in [6.45, 7) is 6.25. The van der Waals surface area contributed by atoms with Crippen LogP contribution in [0.25, 0.3) is 0 Å². The summed E-state index contributed by atoms with van der Waals surface area (Å²) >= 11 is 0. The van der Waals surface area contributed by atoms with Crippen molar-refractivity contribution in [1.29, 1.82) is 0 Å². The number of piperazine rings is 1. The van der Waals surface area contributed by atoms with E-state index < -0.39 is 10.0 Å². The van der Waals surface area contributed by atoms with Crippen LogP contribution in [0.5, 0.6) is 5.75 Å². The van der Waals surface area contributed by atoms with Crippen molar-refractivity contribution in [3.8, 4) is 5.75 Å². The monoisotopic (exact) mass is 312 g/mol. The molecule has 0 amide bonds. The van der Waals surface area contributed by atoms with Crippen molar-refractivity contribution in [1.82, 2.24) is 4.31 Å². The number of hydrogen-bond acceptors (Lipinski definition) is 4. The SMILES string of the molecule is CC[C@@H](C)S(=O)(=O)N1CCN(c2ccc(OC)cc2)CC1. The first-order valence-corrected chi connectivity index (χ1v) is 8.87. The maximum absolute atomic E-state index is 12.3. The largest absolute Gasteiger partial charge is 0.497 e. The van der Waals surface area contributed by atoms with Gasteiger partial charge in [-0.2, -0.15) is 4.31 Å². The van der Waals surface area contributed by atoms with Gasteiger partial charge in [0.1, 0.15) is 5.75 Å². The molecule has 6 heteroatoms. The van der Waals surface area contributed by atoms with E-state index in [1.807, 2.05) is 31.2 Å². The van der Waals surface area contributed by atoms with Gasteiger partial charge in [0.15, 0.2) is 0 Å². The van der Waals surface area contributed by atoms with E-state index in [9.17, 15) is 8.42 Å². The van der Waals surface area contributed by atoms with Gasteiger partial charge in [-0.25, -0.2) is 8.42 Å². The highest BCUT2D eigenvalue weighted by atomic mass is 32.2. The van der Waals surface area contributed by atoms with Crippen molar-refractivity contribution in [2.45, 2.75) is 25.5 Å². The summed E-state index contributed by atoms with van der Waals surface area (Å²) in [5, 5.41) is -0.301. The molecule has 21 heavy (non-hydrogen) atoms. The molecule has 1 heterocycles. The van der Waals surface area contributed by atoms with Crippen molar-refractivity contribution in [2.75, 3.05) is 38.2 Å². The first-order chi connectivity index (χ1) is 9.98. The van der Waals surface area contributed by atoms with Crippen molar-refractivity contribution in [3.05, 3.63) is 24.3 Å². The molecule has 0 N–H and O–H groups in total. The summed E-state index contributed by atoms with van der Waals surface area (Å²) in [6.07, 6.45) is 0.654. The molecule has 0 bridgehead atoms. The average molecular weight is 312 g/mol. The summed E-state index contributed by atoms with van der Waals surface area (Å²) < 4.78 is 31.4. The standard InChI is InChI=1S/C15H24N2O3S/c1-4-13(2)21(18,19)17-11-9-16(10-12-17)14-5-7-15(20-3)8-6-14/h5-8,13H,4,9-12H2,1-3H3/t13-/m1/s1. The smallest absolute Gasteiger partial charge is 0.216 e. The zero-order valence-corrected chi connectivity index (χ0v) is 13.8. The fraction of sp³-hybridized carbons (Fsp3) is 0.600. The number of ether oxygens (including phenoxy) is 1. The van der Waals surface area contributed by atoms with E-state index in [2.05, 4.69) is 4.90 Å². The van der Waals surface area contributed by atoms with E-state index in [1.54, 1.807) is 18.3 Å². The molecule has 118 valence electrons. The van der Waals surface area contributed by atoms with Gasteiger partial charge < -0.3 is 9.64 Å². The predicted octanol–water partition coefficient (Wildman–Crippen LogP) is 1.95. The topological polar surface area (TPSA) is 49.9 Å². The Morgan fingerprint density at radius 1 is 1.14 bits per heavy atom. The van der Waals surface area contributed by atoms with Crippen molar-refractivity contribution in [2.24, 2.45) is 0 Å². The molecule has 0 radical (unpaired) electrons. The lowest BCUT2D eigenvalue weighted by molar-refractivity contribution is 0.379. The Kier molecular flexibility index (Phi) is 5.11. The number of sulfonamides is 1. The van der Waals surface area contributed by atoms with Gasteiger partial charge in [-0.3, -0.25) is 0 Å². The van der Waals surface area contributed by atoms with Gasteiger partial charge in [-0.15, -0.1) is 0 Å². The summed E-state index contributed by atoms with van der Waals surface area (Å²) in [7, 11) is -1.50. The van der Waals surface area contributed by atoms with Gasteiger partial charge in [0, 0.05) is 31.9 Å². The molecule has 0 aromatic heterocycles. The van der Waals surface area contributed by atoms with Gasteiger partial charge in [-0.05, 0) is 37.6 Å². The van der Waals surface area contributed by atoms with Crippen LogP contribution >= 0.6 is 0 Å². The third-order valence-electron chi connectivity index (χ3n) is 4.12. The highest BCUT2D eigenvalue weighted by molar-refractivity contribution is 7.89. The third-order valence-corrected chi connectivity index (χ3v) is 6.55. The first kappa shape index (κ1) is 16.1. The lowest BCUT2D eigenvalue weighted by Crippen LogP contribution is -2.50. The lowest BCUT2D eigenvalue weighted by atomic mass is 10.2. The number of nitrogens with zero attached hydrogens (tertiary/aromatic N) is 2. The molecule has 0 unspecified atom stereocenters. The van der Waals surface area contributed by atoms with Crippen LogP contribution in [0.4, 0.5) is 5.69 Å². The van der Waals surface area contributed by atoms with E-state index >= 15 is 0 Å². The van der Waals surface area contributed by atoms with Crippen LogP contribution in [0.15, 0.2) is 24.3 Å². The quantitative estimate of drug-likeness (QED) is 0.834. The van der Waals surface area contributed by atoms with Crippen molar-refractivity contribution < 1.29 is 13.2 Å². The van der Waals surface area contributed by atoms with Crippen molar-refractivity contribution in [3.63, 3.8) is 0 Å². The Balaban J connectivity index is 1.99. The van der Waals surface area contributed by atoms with Crippen LogP contribution in [-0.4, -0.2) is 51.3 Å². The Morgan fingerprint density at radius 3 is 2.19 bits per heavy atom. The fourth-order valence-corrected chi connectivity index (χ4v) is 4.06. The zero-order valence-electron chi connectivity index (χ0n) is 12.9. The molecule has 1 saturated heterocycles. The van der Waals surface area contributed by atoms with Gasteiger partial charge >= 0.3 is 0 Å². The Morgan fingerprint density at radius 2 is 1.71 bits per heavy atom. The Labute approximate surface area is 127 Å². The molecule has 5 nitrogen and oxygen atoms in total. The molecule has 1 aromatic rings. The van der Waals surface area contributed by atoms with Gasteiger partial charge in [0.05, 0.1) is 12.4 Å². The summed E-state index contributed by atoms with van der Waals surface area (Å²) in [5.41, 5.74) is 1.11. The highest BCUT2D eigenvalue weighted by Gasteiger charge is 2.30. The summed E-state index contributed by atoms with van der Waals surface area (Å²) in [5.74, 6) is 0.830. The maximum Gasteiger partial charge on any atom is 0.216 e. The van der Waals surface area contributed by atoms with Crippen molar-refractivity contribution >= 4 is 15.7 Å². The minimum absolute atomic E-state index is 0.301. The number of rotatable bonds is 5. The predicted molar refractivity (Wildman–Crippen MR) is 85.5 cm³/mol. The molecular weight excluding hydrogens is 288 g/mol. The van der Waals surface area contributed by atoms with E-state index in [4.69, 9.17) is 4.74 Å². The molecule has 0 spiro atoms. The molecule has 0 saturated carbocycles. The highest BCUT2D eigenvalue weighted by Crippen LogP contribution is 2.22. The lowest BCUT2D eigenvalue weighted by Gasteiger charge is -2.36. The van der Waals surface area contributed by atoms with Crippen LogP contribution in [0, 0.1) is 0 Å². The average Bonchev–Trinajstić information content (AvgIpc) is 2.54. The third kappa shape index (κ3) is 3.49. The second-order valence-electron chi connectivity index (χ2n) is 5.35. The first-order valence-electron chi connectivity index (χ1n) is 7.37. The van der Waals surface area contributed by atoms with E-state index in [0.29, 0.717) is 19.5 Å². The van der Waals surface area contributed by atoms with E-state index in [0.717, 1.165) is 24.5 Å². The fourth-order valence-electron chi connectivity index (χ4n) is 2.46. The molecule has 2 rings (SSSR count). The van der Waals surface area contributed by atoms with Crippen LogP contribution in [0.2, 0.25) is 0 Å². The maximum atomic E-state index is 12.3. The van der Waals surface area contributed by atoms with Gasteiger partial charge in [-0.1, -0.05) is 6.92 Å². The summed E-state index contributed by atoms with van der Waals surface area (Å²) in [4.78, 5) is 2.21. The molecule has 1 atom stereocenters. The minimum atomic E-state index is -3.14. The molecule has 0 aliphatic carbocycles. The molecular formula is C15H24N2O3S. The second-order valence-corrected chi connectivity index (χ2v) is 7.70. The van der Waals surface area contributed by atoms with E-state index in [1.165, 1.54) is 0 Å². The number of anilines is 1. The number of methoxy groups -OCH3 is 1. The molecule has 1 aliphatic heterocycles. The molecule has 1 aliphatic rings. The number of hydrogen-bond donors (Lipinski definition) is 0. The van der Waals surface area contributed by atoms with Crippen LogP contribution in [-0.2, 0) is 10.0 Å². The Hall–Kier alpha value is -1.27. The van der Waals surface area contributed by atoms with Crippen LogP contribution < -0.4 is 9.64 Å². The second kappa shape index (κ2) is 6.66. The Bertz CT molecular complexity index is 549. The zero-order chi connectivity index (χ0) is 15.5. The number of benzene rings is 1.